The normalized spacial score (nSPS) is 25.3. The molecule has 0 aromatic heterocycles. The Hall–Kier alpha value is -0.610. The maximum Gasteiger partial charge on any atom is 0.0928 e. The van der Waals surface area contributed by atoms with Gasteiger partial charge in [0, 0.05) is 29.8 Å². The smallest absolute Gasteiger partial charge is 0.0928 e. The Kier molecular flexibility index (Phi) is 5.01. The van der Waals surface area contributed by atoms with Gasteiger partial charge in [-0.25, -0.2) is 0 Å². The first-order valence-corrected chi connectivity index (χ1v) is 6.87. The lowest BCUT2D eigenvalue weighted by atomic mass is 10.0. The van der Waals surface area contributed by atoms with Crippen LogP contribution in [-0.2, 0) is 0 Å². The topological polar surface area (TPSA) is 52.5 Å². The van der Waals surface area contributed by atoms with Crippen molar-refractivity contribution in [3.8, 4) is 0 Å². The van der Waals surface area contributed by atoms with E-state index in [1.807, 2.05) is 18.2 Å². The van der Waals surface area contributed by atoms with Crippen LogP contribution in [-0.4, -0.2) is 29.4 Å². The zero-order valence-corrected chi connectivity index (χ0v) is 11.1. The van der Waals surface area contributed by atoms with Gasteiger partial charge in [-0.05, 0) is 24.8 Å². The average Bonchev–Trinajstić information content (AvgIpc) is 2.84. The fourth-order valence-electron chi connectivity index (χ4n) is 2.64. The van der Waals surface area contributed by atoms with Crippen LogP contribution in [0, 0.1) is 5.92 Å². The third-order valence-corrected chi connectivity index (χ3v) is 4.08. The highest BCUT2D eigenvalue weighted by Crippen LogP contribution is 2.26. The number of halogens is 1. The quantitative estimate of drug-likeness (QED) is 0.768. The van der Waals surface area contributed by atoms with Crippen molar-refractivity contribution in [2.75, 3.05) is 13.2 Å². The molecule has 1 aliphatic rings. The van der Waals surface area contributed by atoms with Gasteiger partial charge in [0.1, 0.15) is 0 Å². The Morgan fingerprint density at radius 1 is 1.33 bits per heavy atom. The zero-order chi connectivity index (χ0) is 13.0. The maximum absolute atomic E-state index is 10.1. The summed E-state index contributed by atoms with van der Waals surface area (Å²) in [5.41, 5.74) is 0.755. The minimum absolute atomic E-state index is 0.222. The molecule has 0 spiro atoms. The molecule has 1 aromatic carbocycles. The van der Waals surface area contributed by atoms with Crippen molar-refractivity contribution in [3.63, 3.8) is 0 Å². The van der Waals surface area contributed by atoms with Crippen molar-refractivity contribution in [1.29, 1.82) is 0 Å². The lowest BCUT2D eigenvalue weighted by Gasteiger charge is -2.21. The second-order valence-corrected chi connectivity index (χ2v) is 5.33. The minimum Gasteiger partial charge on any atom is -0.396 e. The van der Waals surface area contributed by atoms with Gasteiger partial charge < -0.3 is 15.5 Å². The second kappa shape index (κ2) is 6.53. The molecule has 4 heteroatoms. The predicted octanol–water partition coefficient (Wildman–Crippen LogP) is 2.12. The van der Waals surface area contributed by atoms with Gasteiger partial charge in [0.25, 0.3) is 0 Å². The summed E-state index contributed by atoms with van der Waals surface area (Å²) in [5, 5.41) is 23.3. The van der Waals surface area contributed by atoms with Crippen molar-refractivity contribution >= 4 is 11.6 Å². The van der Waals surface area contributed by atoms with Crippen molar-refractivity contribution in [2.24, 2.45) is 5.92 Å². The van der Waals surface area contributed by atoms with Crippen LogP contribution < -0.4 is 5.32 Å². The SMILES string of the molecule is OCC1CCCC1NCC(O)c1ccccc1Cl. The highest BCUT2D eigenvalue weighted by Gasteiger charge is 2.26. The van der Waals surface area contributed by atoms with Crippen molar-refractivity contribution in [2.45, 2.75) is 31.4 Å². The maximum atomic E-state index is 10.1. The predicted molar refractivity (Wildman–Crippen MR) is 72.6 cm³/mol. The molecule has 3 nitrogen and oxygen atoms in total. The van der Waals surface area contributed by atoms with Gasteiger partial charge in [-0.2, -0.15) is 0 Å². The molecule has 1 aromatic rings. The molecular formula is C14H20ClNO2. The van der Waals surface area contributed by atoms with Gasteiger partial charge in [-0.15, -0.1) is 0 Å². The monoisotopic (exact) mass is 269 g/mol. The molecule has 1 saturated carbocycles. The van der Waals surface area contributed by atoms with Crippen LogP contribution in [0.3, 0.4) is 0 Å². The first kappa shape index (κ1) is 13.8. The van der Waals surface area contributed by atoms with E-state index < -0.39 is 6.10 Å². The van der Waals surface area contributed by atoms with Crippen molar-refractivity contribution in [3.05, 3.63) is 34.9 Å². The number of hydrogen-bond acceptors (Lipinski definition) is 3. The van der Waals surface area contributed by atoms with E-state index >= 15 is 0 Å². The van der Waals surface area contributed by atoms with Crippen molar-refractivity contribution < 1.29 is 10.2 Å². The Labute approximate surface area is 113 Å². The summed E-state index contributed by atoms with van der Waals surface area (Å²) in [7, 11) is 0. The average molecular weight is 270 g/mol. The van der Waals surface area contributed by atoms with Crippen molar-refractivity contribution in [1.82, 2.24) is 5.32 Å². The number of rotatable bonds is 5. The first-order valence-electron chi connectivity index (χ1n) is 6.49. The molecule has 18 heavy (non-hydrogen) atoms. The van der Waals surface area contributed by atoms with E-state index in [1.54, 1.807) is 6.07 Å². The molecule has 0 bridgehead atoms. The molecule has 1 fully saturated rings. The highest BCUT2D eigenvalue weighted by molar-refractivity contribution is 6.31. The van der Waals surface area contributed by atoms with Crippen LogP contribution in [0.15, 0.2) is 24.3 Å². The molecule has 0 radical (unpaired) electrons. The number of hydrogen-bond donors (Lipinski definition) is 3. The lowest BCUT2D eigenvalue weighted by Crippen LogP contribution is -2.36. The fraction of sp³-hybridized carbons (Fsp3) is 0.571. The van der Waals surface area contributed by atoms with Crippen LogP contribution in [0.2, 0.25) is 5.02 Å². The summed E-state index contributed by atoms with van der Waals surface area (Å²) in [6.07, 6.45) is 2.68. The van der Waals surface area contributed by atoms with Crippen LogP contribution in [0.4, 0.5) is 0 Å². The summed E-state index contributed by atoms with van der Waals surface area (Å²) in [5.74, 6) is 0.323. The third-order valence-electron chi connectivity index (χ3n) is 3.73. The molecule has 0 heterocycles. The first-order chi connectivity index (χ1) is 8.72. The summed E-state index contributed by atoms with van der Waals surface area (Å²) in [6, 6.07) is 7.66. The second-order valence-electron chi connectivity index (χ2n) is 4.93. The van der Waals surface area contributed by atoms with Gasteiger partial charge in [-0.3, -0.25) is 0 Å². The van der Waals surface area contributed by atoms with Gasteiger partial charge >= 0.3 is 0 Å². The molecule has 0 saturated heterocycles. The summed E-state index contributed by atoms with van der Waals surface area (Å²) < 4.78 is 0. The summed E-state index contributed by atoms with van der Waals surface area (Å²) in [6.45, 7) is 0.699. The fourth-order valence-corrected chi connectivity index (χ4v) is 2.90. The van der Waals surface area contributed by atoms with Gasteiger partial charge in [0.2, 0.25) is 0 Å². The van der Waals surface area contributed by atoms with Gasteiger partial charge in [-0.1, -0.05) is 36.2 Å². The Morgan fingerprint density at radius 2 is 2.11 bits per heavy atom. The van der Waals surface area contributed by atoms with E-state index in [9.17, 15) is 10.2 Å². The lowest BCUT2D eigenvalue weighted by molar-refractivity contribution is 0.155. The zero-order valence-electron chi connectivity index (χ0n) is 10.3. The Balaban J connectivity index is 1.88. The molecule has 3 N–H and O–H groups in total. The summed E-state index contributed by atoms with van der Waals surface area (Å²) >= 11 is 6.04. The third kappa shape index (κ3) is 3.23. The van der Waals surface area contributed by atoms with E-state index in [4.69, 9.17) is 11.6 Å². The molecule has 100 valence electrons. The molecule has 0 aliphatic heterocycles. The molecule has 0 amide bonds. The number of nitrogens with one attached hydrogen (secondary N) is 1. The largest absolute Gasteiger partial charge is 0.396 e. The van der Waals surface area contributed by atoms with E-state index in [0.717, 1.165) is 24.8 Å². The number of benzene rings is 1. The van der Waals surface area contributed by atoms with E-state index in [2.05, 4.69) is 5.32 Å². The van der Waals surface area contributed by atoms with E-state index in [0.29, 0.717) is 23.5 Å². The minimum atomic E-state index is -0.598. The van der Waals surface area contributed by atoms with E-state index in [-0.39, 0.29) is 6.61 Å². The van der Waals surface area contributed by atoms with Crippen LogP contribution >= 0.6 is 11.6 Å². The number of aliphatic hydroxyl groups excluding tert-OH is 2. The highest BCUT2D eigenvalue weighted by atomic mass is 35.5. The Morgan fingerprint density at radius 3 is 2.83 bits per heavy atom. The number of aliphatic hydroxyl groups is 2. The summed E-state index contributed by atoms with van der Waals surface area (Å²) in [4.78, 5) is 0. The van der Waals surface area contributed by atoms with Crippen LogP contribution in [0.5, 0.6) is 0 Å². The van der Waals surface area contributed by atoms with E-state index in [1.165, 1.54) is 0 Å². The molecule has 3 unspecified atom stereocenters. The molecular weight excluding hydrogens is 250 g/mol. The molecule has 3 atom stereocenters. The van der Waals surface area contributed by atoms with Crippen LogP contribution in [0.25, 0.3) is 0 Å². The van der Waals surface area contributed by atoms with Gasteiger partial charge in [0.05, 0.1) is 6.10 Å². The molecule has 2 rings (SSSR count). The Bertz CT molecular complexity index is 386. The van der Waals surface area contributed by atoms with Gasteiger partial charge in [0.15, 0.2) is 0 Å². The van der Waals surface area contributed by atoms with Crippen LogP contribution in [0.1, 0.15) is 30.9 Å². The molecule has 1 aliphatic carbocycles. The standard InChI is InChI=1S/C14H20ClNO2/c15-12-6-2-1-5-11(12)14(18)8-16-13-7-3-4-10(13)9-17/h1-2,5-6,10,13-14,16-18H,3-4,7-9H2.